The number of amides is 1. The lowest BCUT2D eigenvalue weighted by Crippen LogP contribution is -2.53. The van der Waals surface area contributed by atoms with Gasteiger partial charge in [0.1, 0.15) is 0 Å². The molecule has 4 N–H and O–H groups in total. The zero-order valence-electron chi connectivity index (χ0n) is 10.4. The molecule has 1 aliphatic rings. The van der Waals surface area contributed by atoms with E-state index in [1.165, 1.54) is 0 Å². The second kappa shape index (κ2) is 5.94. The number of carbonyl (C=O) groups is 1. The van der Waals surface area contributed by atoms with Crippen LogP contribution in [0, 0.1) is 5.41 Å². The number of thiocarbonyl (C=S) groups is 1. The molecular weight excluding hydrogens is 274 g/mol. The molecule has 1 fully saturated rings. The van der Waals surface area contributed by atoms with Crippen molar-refractivity contribution in [3.63, 3.8) is 0 Å². The van der Waals surface area contributed by atoms with Crippen LogP contribution < -0.4 is 15.8 Å². The quantitative estimate of drug-likeness (QED) is 0.434. The Bertz CT molecular complexity index is 430. The highest BCUT2D eigenvalue weighted by atomic mass is 32.2. The first-order valence-electron chi connectivity index (χ1n) is 5.81. The Morgan fingerprint density at radius 3 is 2.39 bits per heavy atom. The lowest BCUT2D eigenvalue weighted by atomic mass is 9.68. The van der Waals surface area contributed by atoms with Crippen molar-refractivity contribution >= 4 is 33.1 Å². The van der Waals surface area contributed by atoms with Gasteiger partial charge in [0, 0.05) is 13.1 Å². The van der Waals surface area contributed by atoms with Crippen LogP contribution in [0.5, 0.6) is 0 Å². The molecular formula is C10H19N3O3S2. The van der Waals surface area contributed by atoms with Gasteiger partial charge in [-0.15, -0.1) is 0 Å². The van der Waals surface area contributed by atoms with E-state index in [0.29, 0.717) is 32.4 Å². The topological polar surface area (TPSA) is 101 Å². The minimum Gasteiger partial charge on any atom is -0.392 e. The number of nitrogens with one attached hydrogen (secondary N) is 2. The van der Waals surface area contributed by atoms with Gasteiger partial charge in [-0.25, -0.2) is 13.1 Å². The third-order valence-electron chi connectivity index (χ3n) is 3.12. The minimum absolute atomic E-state index is 0.138. The van der Waals surface area contributed by atoms with Crippen LogP contribution >= 0.6 is 12.2 Å². The monoisotopic (exact) mass is 293 g/mol. The summed E-state index contributed by atoms with van der Waals surface area (Å²) in [5.74, 6) is -0.138. The predicted molar refractivity (Wildman–Crippen MR) is 73.5 cm³/mol. The standard InChI is InChI=1S/C10H19N3O3S2/c1-18(15,16)13-7-3-6-12-9(14)10(8(11)17)4-2-5-10/h13H,2-7H2,1H3,(H2,11,17)(H,12,14). The van der Waals surface area contributed by atoms with Crippen molar-refractivity contribution in [3.8, 4) is 0 Å². The maximum atomic E-state index is 11.9. The second-order valence-corrected chi connectivity index (χ2v) is 6.85. The van der Waals surface area contributed by atoms with Crippen LogP contribution in [0.3, 0.4) is 0 Å². The molecule has 104 valence electrons. The highest BCUT2D eigenvalue weighted by Gasteiger charge is 2.46. The summed E-state index contributed by atoms with van der Waals surface area (Å²) in [6.07, 6.45) is 4.00. The lowest BCUT2D eigenvalue weighted by molar-refractivity contribution is -0.130. The maximum absolute atomic E-state index is 11.9. The van der Waals surface area contributed by atoms with E-state index < -0.39 is 15.4 Å². The number of hydrogen-bond acceptors (Lipinski definition) is 4. The summed E-state index contributed by atoms with van der Waals surface area (Å²) in [5.41, 5.74) is 4.93. The molecule has 0 bridgehead atoms. The minimum atomic E-state index is -3.16. The molecule has 0 atom stereocenters. The van der Waals surface area contributed by atoms with E-state index in [1.54, 1.807) is 0 Å². The molecule has 0 spiro atoms. The fraction of sp³-hybridized carbons (Fsp3) is 0.800. The van der Waals surface area contributed by atoms with Crippen LogP contribution in [0.25, 0.3) is 0 Å². The number of sulfonamides is 1. The van der Waals surface area contributed by atoms with Crippen LogP contribution in [-0.2, 0) is 14.8 Å². The van der Waals surface area contributed by atoms with Gasteiger partial charge < -0.3 is 11.1 Å². The molecule has 1 amide bonds. The summed E-state index contributed by atoms with van der Waals surface area (Å²) in [6, 6.07) is 0. The lowest BCUT2D eigenvalue weighted by Gasteiger charge is -2.39. The van der Waals surface area contributed by atoms with E-state index in [9.17, 15) is 13.2 Å². The summed E-state index contributed by atoms with van der Waals surface area (Å²) < 4.78 is 24.0. The molecule has 0 saturated heterocycles. The molecule has 0 heterocycles. The smallest absolute Gasteiger partial charge is 0.233 e. The molecule has 18 heavy (non-hydrogen) atoms. The third kappa shape index (κ3) is 3.89. The number of rotatable bonds is 7. The van der Waals surface area contributed by atoms with Crippen LogP contribution in [0.4, 0.5) is 0 Å². The SMILES string of the molecule is CS(=O)(=O)NCCCNC(=O)C1(C(N)=S)CCC1. The van der Waals surface area contributed by atoms with Crippen molar-refractivity contribution in [3.05, 3.63) is 0 Å². The first-order valence-corrected chi connectivity index (χ1v) is 8.11. The number of hydrogen-bond donors (Lipinski definition) is 3. The van der Waals surface area contributed by atoms with Crippen molar-refractivity contribution in [1.29, 1.82) is 0 Å². The molecule has 8 heteroatoms. The molecule has 1 rings (SSSR count). The number of nitrogens with two attached hydrogens (primary N) is 1. The Morgan fingerprint density at radius 2 is 2.00 bits per heavy atom. The highest BCUT2D eigenvalue weighted by Crippen LogP contribution is 2.41. The van der Waals surface area contributed by atoms with Crippen LogP contribution in [0.1, 0.15) is 25.7 Å². The molecule has 0 aromatic rings. The molecule has 1 saturated carbocycles. The Labute approximate surface area is 113 Å². The van der Waals surface area contributed by atoms with Gasteiger partial charge in [-0.1, -0.05) is 18.6 Å². The molecule has 1 aliphatic carbocycles. The molecule has 0 aliphatic heterocycles. The van der Waals surface area contributed by atoms with Gasteiger partial charge in [-0.3, -0.25) is 4.79 Å². The molecule has 0 radical (unpaired) electrons. The van der Waals surface area contributed by atoms with Gasteiger partial charge in [-0.05, 0) is 19.3 Å². The Hall–Kier alpha value is -0.730. The average molecular weight is 293 g/mol. The molecule has 0 unspecified atom stereocenters. The Kier molecular flexibility index (Phi) is 5.06. The Balaban J connectivity index is 2.27. The van der Waals surface area contributed by atoms with Gasteiger partial charge in [0.25, 0.3) is 0 Å². The zero-order chi connectivity index (χ0) is 13.8. The third-order valence-corrected chi connectivity index (χ3v) is 4.24. The van der Waals surface area contributed by atoms with Crippen molar-refractivity contribution in [2.45, 2.75) is 25.7 Å². The predicted octanol–water partition coefficient (Wildman–Crippen LogP) is -0.502. The fourth-order valence-electron chi connectivity index (χ4n) is 1.83. The summed E-state index contributed by atoms with van der Waals surface area (Å²) in [6.45, 7) is 0.713. The average Bonchev–Trinajstić information content (AvgIpc) is 2.12. The maximum Gasteiger partial charge on any atom is 0.233 e. The normalized spacial score (nSPS) is 17.8. The van der Waals surface area contributed by atoms with Crippen LogP contribution in [-0.4, -0.2) is 38.7 Å². The molecule has 0 aromatic carbocycles. The van der Waals surface area contributed by atoms with E-state index in [-0.39, 0.29) is 10.9 Å². The van der Waals surface area contributed by atoms with E-state index in [4.69, 9.17) is 18.0 Å². The van der Waals surface area contributed by atoms with Crippen molar-refractivity contribution in [1.82, 2.24) is 10.0 Å². The summed E-state index contributed by atoms with van der Waals surface area (Å²) in [4.78, 5) is 12.2. The number of carbonyl (C=O) groups excluding carboxylic acids is 1. The van der Waals surface area contributed by atoms with E-state index >= 15 is 0 Å². The van der Waals surface area contributed by atoms with E-state index in [1.807, 2.05) is 0 Å². The van der Waals surface area contributed by atoms with Crippen molar-refractivity contribution < 1.29 is 13.2 Å². The van der Waals surface area contributed by atoms with Gasteiger partial charge in [0.15, 0.2) is 0 Å². The van der Waals surface area contributed by atoms with Gasteiger partial charge in [0.2, 0.25) is 15.9 Å². The summed E-state index contributed by atoms with van der Waals surface area (Å²) in [7, 11) is -3.16. The second-order valence-electron chi connectivity index (χ2n) is 4.58. The van der Waals surface area contributed by atoms with Gasteiger partial charge >= 0.3 is 0 Å². The highest BCUT2D eigenvalue weighted by molar-refractivity contribution is 7.88. The van der Waals surface area contributed by atoms with Crippen LogP contribution in [0.2, 0.25) is 0 Å². The summed E-state index contributed by atoms with van der Waals surface area (Å²) >= 11 is 4.93. The summed E-state index contributed by atoms with van der Waals surface area (Å²) in [5, 5.41) is 2.75. The van der Waals surface area contributed by atoms with Crippen molar-refractivity contribution in [2.24, 2.45) is 11.1 Å². The molecule has 6 nitrogen and oxygen atoms in total. The Morgan fingerprint density at radius 1 is 1.39 bits per heavy atom. The van der Waals surface area contributed by atoms with Crippen LogP contribution in [0.15, 0.2) is 0 Å². The largest absolute Gasteiger partial charge is 0.392 e. The first kappa shape index (κ1) is 15.3. The van der Waals surface area contributed by atoms with Gasteiger partial charge in [0.05, 0.1) is 16.7 Å². The van der Waals surface area contributed by atoms with Gasteiger partial charge in [-0.2, -0.15) is 0 Å². The molecule has 0 aromatic heterocycles. The zero-order valence-corrected chi connectivity index (χ0v) is 12.0. The first-order chi connectivity index (χ1) is 8.28. The fourth-order valence-corrected chi connectivity index (χ4v) is 2.64. The van der Waals surface area contributed by atoms with E-state index in [0.717, 1.165) is 12.7 Å². The van der Waals surface area contributed by atoms with E-state index in [2.05, 4.69) is 10.0 Å². The van der Waals surface area contributed by atoms with Crippen molar-refractivity contribution in [2.75, 3.05) is 19.3 Å².